The molecule has 0 fully saturated rings. The summed E-state index contributed by atoms with van der Waals surface area (Å²) in [5.41, 5.74) is 14.5. The molecule has 734 valence electrons. The summed E-state index contributed by atoms with van der Waals surface area (Å²) in [6.45, 7) is 22.1. The normalized spacial score (nSPS) is 17.3. The van der Waals surface area contributed by atoms with Crippen molar-refractivity contribution in [1.29, 1.82) is 0 Å². The fourth-order valence-corrected chi connectivity index (χ4v) is 24.5. The van der Waals surface area contributed by atoms with Gasteiger partial charge in [0.05, 0.1) is 90.2 Å². The fraction of sp³-hybridized carbons (Fsp3) is 0.392. The topological polar surface area (TPSA) is 357 Å². The Morgan fingerprint density at radius 3 is 0.963 bits per heavy atom. The molecule has 136 heavy (non-hydrogen) atoms. The van der Waals surface area contributed by atoms with E-state index in [1.54, 1.807) is 84.8 Å². The van der Waals surface area contributed by atoms with Crippen molar-refractivity contribution in [3.8, 4) is 5.75 Å². The van der Waals surface area contributed by atoms with E-state index in [4.69, 9.17) is 38.1 Å². The Hall–Kier alpha value is -10.5. The molecule has 5 heterocycles. The lowest BCUT2D eigenvalue weighted by Crippen LogP contribution is -3.00. The molecule has 5 aliphatic rings. The highest BCUT2D eigenvalue weighted by Crippen LogP contribution is 2.46. The number of carbonyl (C=O) groups excluding carboxylic acids is 4. The maximum Gasteiger partial charge on any atom is 0.373 e. The summed E-state index contributed by atoms with van der Waals surface area (Å²) < 4.78 is 160. The molecule has 28 nitrogen and oxygen atoms in total. The van der Waals surface area contributed by atoms with Crippen LogP contribution >= 0.6 is 0 Å². The van der Waals surface area contributed by atoms with E-state index in [0.717, 1.165) is 136 Å². The minimum absolute atomic E-state index is 0. The van der Waals surface area contributed by atoms with Crippen molar-refractivity contribution in [2.75, 3.05) is 136 Å². The molecule has 0 bridgehead atoms. The summed E-state index contributed by atoms with van der Waals surface area (Å²) in [5.74, 6) is 0.553. The van der Waals surface area contributed by atoms with Crippen LogP contribution in [0.15, 0.2) is 249 Å². The number of sulfonamides is 5. The standard InChI is InChI=1S/C20H26N2O4S.2C20H26N2O3S.2C20H26N2O2S.2CO2.ClH/c1-4-26-15-10-11-17-19(14-15)27(23,24)22(2)18-9-6-5-8-16(18)20(17)21-12-7-13-25-3;2*1-4-25-13-7-12-21-20-16-8-5-6-9-18(16)22(3)26(23,24)19-14-15(2)10-11-17(19)20;2*1-3-4-5-10-15-21-20-16-11-6-8-13-18(16)22(2)25(23,24)19-14-9-7-12-17(19)20;2*2-1-3;/h5-6,8-11,14,20-21H,4,7,12-13H2,1-3H3;2*5-6,8-11,14,20-21H,4,7,12-13H2,1-3H3;2*6-9,11-14,20-21H,3-5,10,15H2,1-2H3;;;1H. The third-order valence-corrected chi connectivity index (χ3v) is 33.1. The zero-order valence-corrected chi connectivity index (χ0v) is 84.7. The van der Waals surface area contributed by atoms with Crippen LogP contribution in [0.5, 0.6) is 5.75 Å². The summed E-state index contributed by atoms with van der Waals surface area (Å²) in [4.78, 5) is 34.3. The second kappa shape index (κ2) is 53.4. The van der Waals surface area contributed by atoms with Crippen LogP contribution in [0.4, 0.5) is 28.4 Å². The lowest BCUT2D eigenvalue weighted by Gasteiger charge is -2.22. The zero-order valence-electron chi connectivity index (χ0n) is 79.9. The number of para-hydroxylation sites is 5. The van der Waals surface area contributed by atoms with Crippen LogP contribution in [0.3, 0.4) is 0 Å². The Morgan fingerprint density at radius 1 is 0.316 bits per heavy atom. The van der Waals surface area contributed by atoms with E-state index in [2.05, 4.69) is 46.5 Å². The Labute approximate surface area is 811 Å². The minimum Gasteiger partial charge on any atom is -1.00 e. The Morgan fingerprint density at radius 2 is 0.603 bits per heavy atom. The molecule has 5 unspecified atom stereocenters. The predicted octanol–water partition coefficient (Wildman–Crippen LogP) is 12.4. The average molecular weight is 1980 g/mol. The Balaban J connectivity index is 0.000000205. The number of hydrogen-bond donors (Lipinski definition) is 5. The van der Waals surface area contributed by atoms with Crippen LogP contribution < -0.4 is 65.3 Å². The minimum atomic E-state index is -3.69. The van der Waals surface area contributed by atoms with E-state index >= 15 is 0 Å². The van der Waals surface area contributed by atoms with E-state index in [0.29, 0.717) is 88.6 Å². The van der Waals surface area contributed by atoms with Gasteiger partial charge in [-0.15, -0.1) is 0 Å². The molecule has 0 aromatic heterocycles. The Kier molecular flexibility index (Phi) is 43.5. The summed E-state index contributed by atoms with van der Waals surface area (Å²) in [6, 6.07) is 69.3. The van der Waals surface area contributed by atoms with Crippen molar-refractivity contribution in [1.82, 2.24) is 21.3 Å². The number of ether oxygens (including phenoxy) is 4. The molecule has 0 radical (unpaired) electrons. The summed E-state index contributed by atoms with van der Waals surface area (Å²) >= 11 is 0. The molecular formula is C102H131ClN10O18S5. The monoisotopic (exact) mass is 1980 g/mol. The second-order valence-corrected chi connectivity index (χ2v) is 42.4. The van der Waals surface area contributed by atoms with Gasteiger partial charge in [-0.3, -0.25) is 21.5 Å². The van der Waals surface area contributed by atoms with Gasteiger partial charge in [-0.05, 0) is 216 Å². The van der Waals surface area contributed by atoms with Gasteiger partial charge in [0.25, 0.3) is 50.1 Å². The summed E-state index contributed by atoms with van der Waals surface area (Å²) in [7, 11) is -8.17. The highest BCUT2D eigenvalue weighted by molar-refractivity contribution is 7.94. The maximum absolute atomic E-state index is 13.3. The molecule has 6 N–H and O–H groups in total. The van der Waals surface area contributed by atoms with Crippen molar-refractivity contribution < 1.29 is 97.9 Å². The van der Waals surface area contributed by atoms with Gasteiger partial charge in [-0.1, -0.05) is 204 Å². The molecule has 0 saturated heterocycles. The lowest BCUT2D eigenvalue weighted by molar-refractivity contribution is -0.687. The third-order valence-electron chi connectivity index (χ3n) is 24.0. The van der Waals surface area contributed by atoms with E-state index in [9.17, 15) is 42.1 Å². The van der Waals surface area contributed by atoms with Crippen molar-refractivity contribution in [2.24, 2.45) is 0 Å². The van der Waals surface area contributed by atoms with E-state index < -0.39 is 50.1 Å². The smallest absolute Gasteiger partial charge is 0.373 e. The van der Waals surface area contributed by atoms with Gasteiger partial charge in [-0.25, -0.2) is 42.1 Å². The van der Waals surface area contributed by atoms with Crippen LogP contribution in [0.25, 0.3) is 0 Å². The van der Waals surface area contributed by atoms with Crippen LogP contribution in [0.2, 0.25) is 0 Å². The van der Waals surface area contributed by atoms with Crippen LogP contribution in [0.1, 0.15) is 202 Å². The van der Waals surface area contributed by atoms with Crippen LogP contribution in [0, 0.1) is 13.8 Å². The maximum atomic E-state index is 13.3. The first-order valence-corrected chi connectivity index (χ1v) is 53.1. The number of methoxy groups -OCH3 is 1. The zero-order chi connectivity index (χ0) is 98.1. The molecule has 5 aliphatic heterocycles. The SMILES string of the molecule is CCCCCCNC1c2ccccc2N(C)S(=O)(=O)c2ccccc21.CCCCCC[NH2+]C1c2ccccc2N(C)S(=O)(=O)c2ccccc21.CCOCCCNC1c2ccccc2N(C)S(=O)(=O)c2cc(C)ccc21.CCOCCCNC1c2ccccc2N(C)S(=O)(=O)c2cc(C)ccc21.CCOc1ccc2c(c1)S(=O)(=O)N(C)c1ccccc1C2NCCCOC.O=C=O.O=C=O.[Cl-]. The van der Waals surface area contributed by atoms with Crippen molar-refractivity contribution in [3.63, 3.8) is 0 Å². The molecule has 0 amide bonds. The molecule has 5 atom stereocenters. The molecule has 34 heteroatoms. The van der Waals surface area contributed by atoms with Gasteiger partial charge >= 0.3 is 12.3 Å². The molecule has 0 saturated carbocycles. The number of unbranched alkanes of at least 4 members (excludes halogenated alkanes) is 6. The number of halogens is 1. The van der Waals surface area contributed by atoms with Crippen LogP contribution in [-0.4, -0.2) is 169 Å². The van der Waals surface area contributed by atoms with Crippen molar-refractivity contribution in [3.05, 3.63) is 291 Å². The van der Waals surface area contributed by atoms with Gasteiger partial charge in [0.15, 0.2) is 0 Å². The number of fused-ring (bicyclic) bond motifs is 10. The number of nitrogens with two attached hydrogens (primary N) is 1. The molecule has 0 spiro atoms. The number of nitrogens with zero attached hydrogens (tertiary/aromatic N) is 5. The predicted molar refractivity (Wildman–Crippen MR) is 528 cm³/mol. The summed E-state index contributed by atoms with van der Waals surface area (Å²) in [5, 5.41) is 16.5. The first kappa shape index (κ1) is 111. The average Bonchev–Trinajstić information content (AvgIpc) is 1.59. The number of aryl methyl sites for hydroxylation is 2. The number of nitrogens with one attached hydrogen (secondary N) is 4. The van der Waals surface area contributed by atoms with Crippen LogP contribution in [-0.2, 0) is 83.5 Å². The first-order chi connectivity index (χ1) is 64.9. The Bertz CT molecular complexity index is 5950. The van der Waals surface area contributed by atoms with Gasteiger partial charge in [0.2, 0.25) is 0 Å². The van der Waals surface area contributed by atoms with Crippen molar-refractivity contribution >= 4 is 90.9 Å². The van der Waals surface area contributed by atoms with Gasteiger partial charge in [0, 0.05) is 92.6 Å². The first-order valence-electron chi connectivity index (χ1n) is 45.9. The van der Waals surface area contributed by atoms with E-state index in [1.807, 2.05) is 211 Å². The third kappa shape index (κ3) is 26.9. The van der Waals surface area contributed by atoms with E-state index in [-0.39, 0.29) is 59.8 Å². The fourth-order valence-electron chi connectivity index (χ4n) is 17.1. The number of rotatable bonds is 31. The molecule has 10 aromatic rings. The van der Waals surface area contributed by atoms with Gasteiger partial charge in [-0.2, -0.15) is 19.2 Å². The number of anilines is 5. The highest BCUT2D eigenvalue weighted by Gasteiger charge is 2.41. The van der Waals surface area contributed by atoms with E-state index in [1.165, 1.54) is 60.1 Å². The number of quaternary nitrogens is 1. The summed E-state index contributed by atoms with van der Waals surface area (Å²) in [6.07, 6.45) is 12.7. The lowest BCUT2D eigenvalue weighted by atomic mass is 9.96. The molecule has 0 aliphatic carbocycles. The molecule has 15 rings (SSSR count). The number of benzene rings is 10. The molecule has 10 aromatic carbocycles. The van der Waals surface area contributed by atoms with Crippen molar-refractivity contribution in [2.45, 2.75) is 174 Å². The van der Waals surface area contributed by atoms with Gasteiger partial charge < -0.3 is 57.9 Å². The quantitative estimate of drug-likeness (QED) is 0.0252. The van der Waals surface area contributed by atoms with Gasteiger partial charge in [0.1, 0.15) is 11.8 Å². The largest absolute Gasteiger partial charge is 1.00 e. The molecular weight excluding hydrogens is 1850 g/mol. The highest BCUT2D eigenvalue weighted by atomic mass is 35.5. The second-order valence-electron chi connectivity index (χ2n) is 32.7. The number of hydrogen-bond acceptors (Lipinski definition) is 22.